The number of rotatable bonds is 5. The van der Waals surface area contributed by atoms with Crippen LogP contribution in [0.2, 0.25) is 0 Å². The fourth-order valence-corrected chi connectivity index (χ4v) is 2.65. The maximum Gasteiger partial charge on any atom is 0.136 e. The van der Waals surface area contributed by atoms with E-state index in [9.17, 15) is 9.59 Å². The van der Waals surface area contributed by atoms with Gasteiger partial charge in [0.15, 0.2) is 0 Å². The zero-order chi connectivity index (χ0) is 13.1. The molecule has 0 aromatic carbocycles. The van der Waals surface area contributed by atoms with Crippen LogP contribution in [0.3, 0.4) is 0 Å². The fraction of sp³-hybridized carbons (Fsp3) is 0.733. The Morgan fingerprint density at radius 2 is 2.06 bits per heavy atom. The Bertz CT molecular complexity index is 337. The smallest absolute Gasteiger partial charge is 0.136 e. The third kappa shape index (κ3) is 4.84. The Morgan fingerprint density at radius 1 is 1.41 bits per heavy atom. The summed E-state index contributed by atoms with van der Waals surface area (Å²) in [6, 6.07) is 0. The average Bonchev–Trinajstić information content (AvgIpc) is 2.38. The monoisotopic (exact) mass is 236 g/mol. The quantitative estimate of drug-likeness (QED) is 0.682. The molecule has 0 amide bonds. The Morgan fingerprint density at radius 3 is 2.53 bits per heavy atom. The van der Waals surface area contributed by atoms with Crippen molar-refractivity contribution >= 4 is 11.6 Å². The van der Waals surface area contributed by atoms with E-state index in [2.05, 4.69) is 26.8 Å². The van der Waals surface area contributed by atoms with Gasteiger partial charge in [0.2, 0.25) is 0 Å². The van der Waals surface area contributed by atoms with Crippen LogP contribution in [0.5, 0.6) is 0 Å². The van der Waals surface area contributed by atoms with E-state index in [4.69, 9.17) is 0 Å². The minimum absolute atomic E-state index is 0.182. The van der Waals surface area contributed by atoms with Crippen LogP contribution in [0.25, 0.3) is 0 Å². The predicted molar refractivity (Wildman–Crippen MR) is 69.8 cm³/mol. The number of hydrogen-bond acceptors (Lipinski definition) is 2. The lowest BCUT2D eigenvalue weighted by atomic mass is 9.89. The molecule has 2 nitrogen and oxygen atoms in total. The molecule has 0 aliphatic heterocycles. The van der Waals surface area contributed by atoms with Crippen LogP contribution in [-0.2, 0) is 9.59 Å². The Hall–Kier alpha value is -0.920. The summed E-state index contributed by atoms with van der Waals surface area (Å²) in [4.78, 5) is 22.6. The van der Waals surface area contributed by atoms with Crippen LogP contribution < -0.4 is 0 Å². The molecule has 0 heterocycles. The van der Waals surface area contributed by atoms with Gasteiger partial charge in [0.1, 0.15) is 11.6 Å². The van der Waals surface area contributed by atoms with E-state index in [1.807, 2.05) is 0 Å². The highest BCUT2D eigenvalue weighted by Gasteiger charge is 2.37. The van der Waals surface area contributed by atoms with Gasteiger partial charge in [-0.15, -0.1) is 0 Å². The number of ketones is 2. The molecule has 1 atom stereocenters. The van der Waals surface area contributed by atoms with E-state index in [1.165, 1.54) is 5.57 Å². The van der Waals surface area contributed by atoms with Gasteiger partial charge in [0, 0.05) is 18.8 Å². The standard InChI is InChI=1S/C15H24O2/c1-11(6-5-7-12(2)16)8-13-9-15(3,4)10-14(13)17/h6,13H,5,7-10H2,1-4H3/b11-6-/t13-/m1/s1. The summed E-state index contributed by atoms with van der Waals surface area (Å²) < 4.78 is 0. The van der Waals surface area contributed by atoms with E-state index in [-0.39, 0.29) is 17.1 Å². The molecule has 0 unspecified atom stereocenters. The van der Waals surface area contributed by atoms with Gasteiger partial charge in [-0.1, -0.05) is 25.5 Å². The molecule has 1 saturated carbocycles. The Kier molecular flexibility index (Phi) is 4.67. The van der Waals surface area contributed by atoms with Gasteiger partial charge in [-0.3, -0.25) is 4.79 Å². The number of carbonyl (C=O) groups excluding carboxylic acids is 2. The van der Waals surface area contributed by atoms with Crippen molar-refractivity contribution in [2.45, 2.75) is 59.8 Å². The molecule has 0 N–H and O–H groups in total. The van der Waals surface area contributed by atoms with Crippen molar-refractivity contribution in [3.8, 4) is 0 Å². The lowest BCUT2D eigenvalue weighted by Crippen LogP contribution is -2.06. The predicted octanol–water partition coefficient (Wildman–Crippen LogP) is 3.70. The highest BCUT2D eigenvalue weighted by atomic mass is 16.1. The van der Waals surface area contributed by atoms with Crippen LogP contribution in [0.1, 0.15) is 59.8 Å². The first kappa shape index (κ1) is 14.1. The maximum absolute atomic E-state index is 11.8. The second-order valence-electron chi connectivity index (χ2n) is 6.20. The van der Waals surface area contributed by atoms with Gasteiger partial charge >= 0.3 is 0 Å². The third-order valence-corrected chi connectivity index (χ3v) is 3.46. The summed E-state index contributed by atoms with van der Waals surface area (Å²) >= 11 is 0. The first-order chi connectivity index (χ1) is 7.80. The van der Waals surface area contributed by atoms with Gasteiger partial charge in [-0.05, 0) is 38.5 Å². The molecule has 0 bridgehead atoms. The lowest BCUT2D eigenvalue weighted by molar-refractivity contribution is -0.121. The van der Waals surface area contributed by atoms with Crippen LogP contribution in [-0.4, -0.2) is 11.6 Å². The van der Waals surface area contributed by atoms with Gasteiger partial charge in [0.25, 0.3) is 0 Å². The fourth-order valence-electron chi connectivity index (χ4n) is 2.65. The second-order valence-corrected chi connectivity index (χ2v) is 6.20. The van der Waals surface area contributed by atoms with Crippen LogP contribution >= 0.6 is 0 Å². The highest BCUT2D eigenvalue weighted by Crippen LogP contribution is 2.40. The van der Waals surface area contributed by atoms with Crippen molar-refractivity contribution in [1.29, 1.82) is 0 Å². The first-order valence-electron chi connectivity index (χ1n) is 6.48. The second kappa shape index (κ2) is 5.61. The summed E-state index contributed by atoms with van der Waals surface area (Å²) in [6.45, 7) is 8.02. The minimum Gasteiger partial charge on any atom is -0.300 e. The molecular formula is C15H24O2. The van der Waals surface area contributed by atoms with E-state index >= 15 is 0 Å². The van der Waals surface area contributed by atoms with Crippen LogP contribution in [0.4, 0.5) is 0 Å². The molecule has 17 heavy (non-hydrogen) atoms. The molecular weight excluding hydrogens is 212 g/mol. The molecule has 0 saturated heterocycles. The molecule has 2 heteroatoms. The van der Waals surface area contributed by atoms with E-state index < -0.39 is 0 Å². The molecule has 0 spiro atoms. The van der Waals surface area contributed by atoms with E-state index in [0.29, 0.717) is 12.2 Å². The zero-order valence-corrected chi connectivity index (χ0v) is 11.5. The van der Waals surface area contributed by atoms with Crippen molar-refractivity contribution in [2.24, 2.45) is 11.3 Å². The van der Waals surface area contributed by atoms with Crippen molar-refractivity contribution < 1.29 is 9.59 Å². The molecule has 0 radical (unpaired) electrons. The maximum atomic E-state index is 11.8. The average molecular weight is 236 g/mol. The summed E-state index contributed by atoms with van der Waals surface area (Å²) in [7, 11) is 0. The van der Waals surface area contributed by atoms with Gasteiger partial charge in [-0.2, -0.15) is 0 Å². The zero-order valence-electron chi connectivity index (χ0n) is 11.5. The summed E-state index contributed by atoms with van der Waals surface area (Å²) in [5, 5.41) is 0. The SMILES string of the molecule is CC(=O)CC/C=C(/C)C[C@@H]1CC(C)(C)CC1=O. The van der Waals surface area contributed by atoms with Crippen LogP contribution in [0, 0.1) is 11.3 Å². The summed E-state index contributed by atoms with van der Waals surface area (Å²) in [5.41, 5.74) is 1.43. The molecule has 0 aromatic heterocycles. The first-order valence-corrected chi connectivity index (χ1v) is 6.48. The number of allylic oxidation sites excluding steroid dienone is 2. The topological polar surface area (TPSA) is 34.1 Å². The number of hydrogen-bond donors (Lipinski definition) is 0. The molecule has 1 fully saturated rings. The Labute approximate surface area is 104 Å². The lowest BCUT2D eigenvalue weighted by Gasteiger charge is -2.15. The summed E-state index contributed by atoms with van der Waals surface area (Å²) in [5.74, 6) is 0.847. The number of Topliss-reactive ketones (excluding diaryl/α,β-unsaturated/α-hetero) is 2. The van der Waals surface area contributed by atoms with E-state index in [1.54, 1.807) is 6.92 Å². The molecule has 1 aliphatic carbocycles. The number of carbonyl (C=O) groups is 2. The highest BCUT2D eigenvalue weighted by molar-refractivity contribution is 5.84. The van der Waals surface area contributed by atoms with E-state index in [0.717, 1.165) is 25.7 Å². The molecule has 0 aromatic rings. The largest absolute Gasteiger partial charge is 0.300 e. The minimum atomic E-state index is 0.182. The van der Waals surface area contributed by atoms with Crippen molar-refractivity contribution in [1.82, 2.24) is 0 Å². The molecule has 1 rings (SSSR count). The van der Waals surface area contributed by atoms with Gasteiger partial charge in [-0.25, -0.2) is 0 Å². The Balaban J connectivity index is 2.44. The third-order valence-electron chi connectivity index (χ3n) is 3.46. The molecule has 96 valence electrons. The normalized spacial score (nSPS) is 24.1. The van der Waals surface area contributed by atoms with Gasteiger partial charge < -0.3 is 4.79 Å². The van der Waals surface area contributed by atoms with Gasteiger partial charge in [0.05, 0.1) is 0 Å². The van der Waals surface area contributed by atoms with Crippen molar-refractivity contribution in [3.05, 3.63) is 11.6 Å². The summed E-state index contributed by atoms with van der Waals surface area (Å²) in [6.07, 6.45) is 6.13. The van der Waals surface area contributed by atoms with Crippen molar-refractivity contribution in [3.63, 3.8) is 0 Å². The molecule has 1 aliphatic rings. The van der Waals surface area contributed by atoms with Crippen LogP contribution in [0.15, 0.2) is 11.6 Å². The van der Waals surface area contributed by atoms with Crippen molar-refractivity contribution in [2.75, 3.05) is 0 Å².